The summed E-state index contributed by atoms with van der Waals surface area (Å²) < 4.78 is 20.0. The van der Waals surface area contributed by atoms with Crippen molar-refractivity contribution in [1.82, 2.24) is 9.80 Å². The maximum atomic E-state index is 14.1. The van der Waals surface area contributed by atoms with Crippen molar-refractivity contribution in [1.29, 1.82) is 0 Å². The van der Waals surface area contributed by atoms with Gasteiger partial charge in [0.15, 0.2) is 0 Å². The number of halogens is 1. The van der Waals surface area contributed by atoms with Gasteiger partial charge in [0, 0.05) is 37.9 Å². The molecule has 6 nitrogen and oxygen atoms in total. The first-order chi connectivity index (χ1) is 16.4. The Morgan fingerprint density at radius 3 is 2.62 bits per heavy atom. The zero-order valence-electron chi connectivity index (χ0n) is 20.2. The smallest absolute Gasteiger partial charge is 0.350 e. The van der Waals surface area contributed by atoms with Crippen LogP contribution in [0.4, 0.5) is 14.9 Å². The highest BCUT2D eigenvalue weighted by Gasteiger charge is 2.55. The number of carbonyl (C=O) groups is 1. The van der Waals surface area contributed by atoms with Gasteiger partial charge in [-0.25, -0.2) is 9.18 Å². The first kappa shape index (κ1) is 22.8. The number of rotatable bonds is 5. The van der Waals surface area contributed by atoms with Crippen LogP contribution in [0.25, 0.3) is 0 Å². The summed E-state index contributed by atoms with van der Waals surface area (Å²) in [6.07, 6.45) is 2.76. The van der Waals surface area contributed by atoms with Crippen molar-refractivity contribution in [3.63, 3.8) is 0 Å². The van der Waals surface area contributed by atoms with E-state index in [1.54, 1.807) is 11.0 Å². The summed E-state index contributed by atoms with van der Waals surface area (Å²) in [5.41, 5.74) is 1.26. The van der Waals surface area contributed by atoms with Crippen molar-refractivity contribution < 1.29 is 13.9 Å². The second kappa shape index (κ2) is 9.02. The van der Waals surface area contributed by atoms with Gasteiger partial charge in [0.2, 0.25) is 0 Å². The Morgan fingerprint density at radius 1 is 1.15 bits per heavy atom. The maximum Gasteiger partial charge on any atom is 0.350 e. The van der Waals surface area contributed by atoms with E-state index in [9.17, 15) is 9.18 Å². The number of piperidine rings is 1. The minimum Gasteiger partial charge on any atom is -0.491 e. The SMILES string of the molecule is CC(C)Oc1cccc(CN2CC[C@@]3(C[C@@H]2C)C(N2CCC2)=NC(=O)N3c2cccc(F)c2)c1. The molecule has 34 heavy (non-hydrogen) atoms. The summed E-state index contributed by atoms with van der Waals surface area (Å²) in [6.45, 7) is 9.76. The Kier molecular flexibility index (Phi) is 6.06. The zero-order valence-corrected chi connectivity index (χ0v) is 20.2. The molecule has 180 valence electrons. The van der Waals surface area contributed by atoms with E-state index in [2.05, 4.69) is 33.8 Å². The minimum absolute atomic E-state index is 0.136. The third kappa shape index (κ3) is 4.17. The van der Waals surface area contributed by atoms with Crippen LogP contribution in [-0.2, 0) is 6.54 Å². The van der Waals surface area contributed by atoms with Gasteiger partial charge in [-0.15, -0.1) is 0 Å². The van der Waals surface area contributed by atoms with Gasteiger partial charge in [-0.2, -0.15) is 4.99 Å². The van der Waals surface area contributed by atoms with Gasteiger partial charge in [-0.3, -0.25) is 9.80 Å². The molecule has 2 amide bonds. The van der Waals surface area contributed by atoms with Crippen LogP contribution in [0.15, 0.2) is 53.5 Å². The number of nitrogens with zero attached hydrogens (tertiary/aromatic N) is 4. The number of carbonyl (C=O) groups excluding carboxylic acids is 1. The Hall–Kier alpha value is -2.93. The van der Waals surface area contributed by atoms with Crippen molar-refractivity contribution in [2.75, 3.05) is 24.5 Å². The van der Waals surface area contributed by atoms with E-state index >= 15 is 0 Å². The first-order valence-corrected chi connectivity index (χ1v) is 12.3. The van der Waals surface area contributed by atoms with E-state index in [4.69, 9.17) is 4.74 Å². The Labute approximate surface area is 201 Å². The molecule has 0 saturated carbocycles. The summed E-state index contributed by atoms with van der Waals surface area (Å²) in [6, 6.07) is 14.6. The van der Waals surface area contributed by atoms with Crippen LogP contribution in [0.3, 0.4) is 0 Å². The highest BCUT2D eigenvalue weighted by atomic mass is 19.1. The molecule has 3 heterocycles. The number of amidine groups is 1. The molecule has 3 aliphatic rings. The van der Waals surface area contributed by atoms with E-state index in [0.717, 1.165) is 57.0 Å². The summed E-state index contributed by atoms with van der Waals surface area (Å²) >= 11 is 0. The van der Waals surface area contributed by atoms with Gasteiger partial charge in [-0.1, -0.05) is 18.2 Å². The molecule has 0 radical (unpaired) electrons. The normalized spacial score (nSPS) is 25.1. The number of urea groups is 1. The number of hydrogen-bond donors (Lipinski definition) is 0. The maximum absolute atomic E-state index is 14.1. The van der Waals surface area contributed by atoms with Gasteiger partial charge < -0.3 is 9.64 Å². The van der Waals surface area contributed by atoms with Gasteiger partial charge in [-0.05, 0) is 75.9 Å². The van der Waals surface area contributed by atoms with Gasteiger partial charge in [0.25, 0.3) is 0 Å². The Balaban J connectivity index is 1.40. The lowest BCUT2D eigenvalue weighted by atomic mass is 9.80. The summed E-state index contributed by atoms with van der Waals surface area (Å²) in [4.78, 5) is 24.2. The molecule has 3 aliphatic heterocycles. The summed E-state index contributed by atoms with van der Waals surface area (Å²) in [5.74, 6) is 1.41. The second-order valence-corrected chi connectivity index (χ2v) is 9.99. The quantitative estimate of drug-likeness (QED) is 0.619. The van der Waals surface area contributed by atoms with Crippen LogP contribution >= 0.6 is 0 Å². The molecular weight excluding hydrogens is 431 g/mol. The van der Waals surface area contributed by atoms with Crippen molar-refractivity contribution in [2.24, 2.45) is 4.99 Å². The fourth-order valence-electron chi connectivity index (χ4n) is 5.53. The third-order valence-corrected chi connectivity index (χ3v) is 7.18. The number of likely N-dealkylation sites (tertiary alicyclic amines) is 2. The molecule has 2 fully saturated rings. The predicted molar refractivity (Wildman–Crippen MR) is 132 cm³/mol. The van der Waals surface area contributed by atoms with E-state index in [1.165, 1.54) is 17.7 Å². The second-order valence-electron chi connectivity index (χ2n) is 9.99. The van der Waals surface area contributed by atoms with E-state index in [0.29, 0.717) is 5.69 Å². The van der Waals surface area contributed by atoms with Crippen LogP contribution in [0, 0.1) is 5.82 Å². The third-order valence-electron chi connectivity index (χ3n) is 7.18. The van der Waals surface area contributed by atoms with Crippen molar-refractivity contribution >= 4 is 17.6 Å². The van der Waals surface area contributed by atoms with Crippen molar-refractivity contribution in [3.05, 3.63) is 59.9 Å². The van der Waals surface area contributed by atoms with Gasteiger partial charge in [0.1, 0.15) is 22.9 Å². The molecule has 2 saturated heterocycles. The number of anilines is 1. The highest BCUT2D eigenvalue weighted by molar-refractivity contribution is 6.16. The predicted octanol–water partition coefficient (Wildman–Crippen LogP) is 5.08. The number of amides is 2. The summed E-state index contributed by atoms with van der Waals surface area (Å²) in [7, 11) is 0. The fourth-order valence-corrected chi connectivity index (χ4v) is 5.53. The molecule has 0 N–H and O–H groups in total. The van der Waals surface area contributed by atoms with Gasteiger partial charge >= 0.3 is 6.03 Å². The van der Waals surface area contributed by atoms with Crippen LogP contribution in [0.5, 0.6) is 5.75 Å². The van der Waals surface area contributed by atoms with Crippen LogP contribution < -0.4 is 9.64 Å². The molecule has 0 aliphatic carbocycles. The zero-order chi connectivity index (χ0) is 23.9. The number of ether oxygens (including phenoxy) is 1. The molecule has 2 atom stereocenters. The molecule has 2 aromatic carbocycles. The molecule has 0 bridgehead atoms. The van der Waals surface area contributed by atoms with E-state index in [-0.39, 0.29) is 24.0 Å². The van der Waals surface area contributed by atoms with Crippen LogP contribution in [0.1, 0.15) is 45.6 Å². The monoisotopic (exact) mass is 464 g/mol. The Morgan fingerprint density at radius 2 is 1.94 bits per heavy atom. The summed E-state index contributed by atoms with van der Waals surface area (Å²) in [5, 5.41) is 0. The molecule has 2 aromatic rings. The lowest BCUT2D eigenvalue weighted by Gasteiger charge is -2.51. The van der Waals surface area contributed by atoms with Gasteiger partial charge in [0.05, 0.1) is 6.10 Å². The Bertz CT molecular complexity index is 1100. The average Bonchev–Trinajstić information content (AvgIpc) is 3.00. The lowest BCUT2D eigenvalue weighted by Crippen LogP contribution is -2.64. The average molecular weight is 465 g/mol. The van der Waals surface area contributed by atoms with Crippen LogP contribution in [-0.4, -0.2) is 59.0 Å². The standard InChI is InChI=1S/C27H33FN4O2/c1-19(2)34-24-10-4-7-21(15-24)18-31-14-11-27(17-20(31)3)25(30-12-6-13-30)29-26(33)32(27)23-9-5-8-22(28)16-23/h4-5,7-10,15-16,19-20H,6,11-14,17-18H2,1-3H3/t20-,27+/m0/s1. The number of aliphatic imine (C=N–C) groups is 1. The van der Waals surface area contributed by atoms with Crippen LogP contribution in [0.2, 0.25) is 0 Å². The molecular formula is C27H33FN4O2. The van der Waals surface area contributed by atoms with E-state index < -0.39 is 5.54 Å². The van der Waals surface area contributed by atoms with Crippen molar-refractivity contribution in [3.8, 4) is 5.75 Å². The molecule has 0 unspecified atom stereocenters. The molecule has 0 aromatic heterocycles. The molecule has 1 spiro atoms. The molecule has 7 heteroatoms. The highest BCUT2D eigenvalue weighted by Crippen LogP contribution is 2.43. The first-order valence-electron chi connectivity index (χ1n) is 12.3. The van der Waals surface area contributed by atoms with Crippen molar-refractivity contribution in [2.45, 2.75) is 64.3 Å². The topological polar surface area (TPSA) is 48.4 Å². The minimum atomic E-state index is -0.538. The number of benzene rings is 2. The lowest BCUT2D eigenvalue weighted by molar-refractivity contribution is 0.116. The largest absolute Gasteiger partial charge is 0.491 e. The fraction of sp³-hybridized carbons (Fsp3) is 0.481. The number of hydrogen-bond acceptors (Lipinski definition) is 4. The van der Waals surface area contributed by atoms with E-state index in [1.807, 2.05) is 32.0 Å². The molecule has 5 rings (SSSR count).